The van der Waals surface area contributed by atoms with E-state index in [-0.39, 0.29) is 5.75 Å². The van der Waals surface area contributed by atoms with E-state index in [1.54, 1.807) is 0 Å². The maximum absolute atomic E-state index is 11.3. The molecule has 2 N–H and O–H groups in total. The van der Waals surface area contributed by atoms with E-state index in [1.165, 1.54) is 11.8 Å². The van der Waals surface area contributed by atoms with E-state index in [9.17, 15) is 4.79 Å². The summed E-state index contributed by atoms with van der Waals surface area (Å²) in [6.45, 7) is 2.55. The lowest BCUT2D eigenvalue weighted by molar-refractivity contribution is -0.115. The van der Waals surface area contributed by atoms with Crippen LogP contribution < -0.4 is 15.2 Å². The average molecular weight is 393 g/mol. The second-order valence-electron chi connectivity index (χ2n) is 6.24. The second-order valence-corrected chi connectivity index (χ2v) is 7.20. The number of nitrogens with two attached hydrogens (primary N) is 1. The van der Waals surface area contributed by atoms with Crippen molar-refractivity contribution in [3.05, 3.63) is 59.7 Å². The van der Waals surface area contributed by atoms with Gasteiger partial charge in [-0.2, -0.15) is 4.98 Å². The molecule has 3 aromatic rings. The number of primary amides is 1. The van der Waals surface area contributed by atoms with Crippen LogP contribution in [0.5, 0.6) is 17.4 Å². The molecule has 0 radical (unpaired) electrons. The first-order valence-corrected chi connectivity index (χ1v) is 9.93. The van der Waals surface area contributed by atoms with Gasteiger partial charge >= 0.3 is 0 Å². The van der Waals surface area contributed by atoms with E-state index in [1.807, 2.05) is 55.5 Å². The average Bonchev–Trinajstić information content (AvgIpc) is 2.71. The van der Waals surface area contributed by atoms with Crippen molar-refractivity contribution < 1.29 is 14.3 Å². The van der Waals surface area contributed by atoms with Gasteiger partial charge in [-0.1, -0.05) is 30.0 Å². The van der Waals surface area contributed by atoms with Crippen molar-refractivity contribution in [3.63, 3.8) is 0 Å². The predicted octanol–water partition coefficient (Wildman–Crippen LogP) is 3.82. The first-order valence-electron chi connectivity index (χ1n) is 8.95. The topological polar surface area (TPSA) is 87.3 Å². The van der Waals surface area contributed by atoms with Crippen LogP contribution in [0.25, 0.3) is 11.4 Å². The van der Waals surface area contributed by atoms with Crippen LogP contribution in [-0.2, 0) is 11.2 Å². The van der Waals surface area contributed by atoms with Gasteiger partial charge in [-0.05, 0) is 42.8 Å². The highest BCUT2D eigenvalue weighted by Gasteiger charge is 2.24. The zero-order chi connectivity index (χ0) is 19.5. The maximum Gasteiger partial charge on any atom is 0.227 e. The van der Waals surface area contributed by atoms with E-state index in [2.05, 4.69) is 4.98 Å². The number of carbonyl (C=O) groups is 1. The van der Waals surface area contributed by atoms with E-state index < -0.39 is 5.91 Å². The van der Waals surface area contributed by atoms with Crippen molar-refractivity contribution in [2.45, 2.75) is 18.4 Å². The van der Waals surface area contributed by atoms with Crippen molar-refractivity contribution in [2.24, 2.45) is 5.73 Å². The molecule has 0 unspecified atom stereocenters. The van der Waals surface area contributed by atoms with E-state index >= 15 is 0 Å². The van der Waals surface area contributed by atoms with Crippen molar-refractivity contribution in [2.75, 3.05) is 12.4 Å². The predicted molar refractivity (Wildman–Crippen MR) is 108 cm³/mol. The molecule has 0 saturated carbocycles. The number of fused-ring (bicyclic) bond motifs is 2. The van der Waals surface area contributed by atoms with Crippen LogP contribution in [0.4, 0.5) is 0 Å². The van der Waals surface area contributed by atoms with Crippen LogP contribution in [0.15, 0.2) is 53.6 Å². The van der Waals surface area contributed by atoms with Gasteiger partial charge in [0.2, 0.25) is 11.8 Å². The van der Waals surface area contributed by atoms with Crippen LogP contribution >= 0.6 is 11.8 Å². The van der Waals surface area contributed by atoms with Crippen LogP contribution in [0.2, 0.25) is 0 Å². The van der Waals surface area contributed by atoms with Gasteiger partial charge in [0.05, 0.1) is 17.9 Å². The monoisotopic (exact) mass is 393 g/mol. The Balaban J connectivity index is 1.74. The fraction of sp³-hybridized carbons (Fsp3) is 0.190. The van der Waals surface area contributed by atoms with E-state index in [4.69, 9.17) is 20.2 Å². The fourth-order valence-corrected chi connectivity index (χ4v) is 3.74. The summed E-state index contributed by atoms with van der Waals surface area (Å²) < 4.78 is 11.5. The van der Waals surface area contributed by atoms with Gasteiger partial charge in [-0.3, -0.25) is 4.79 Å². The summed E-state index contributed by atoms with van der Waals surface area (Å²) in [6, 6.07) is 15.4. The highest BCUT2D eigenvalue weighted by atomic mass is 32.2. The summed E-state index contributed by atoms with van der Waals surface area (Å²) in [6.07, 6.45) is 0.649. The summed E-state index contributed by atoms with van der Waals surface area (Å²) in [7, 11) is 0. The first kappa shape index (κ1) is 18.3. The molecule has 4 rings (SSSR count). The number of rotatable bonds is 6. The number of ether oxygens (including phenoxy) is 2. The van der Waals surface area contributed by atoms with Gasteiger partial charge in [-0.15, -0.1) is 0 Å². The zero-order valence-corrected chi connectivity index (χ0v) is 16.2. The molecule has 0 atom stereocenters. The lowest BCUT2D eigenvalue weighted by Crippen LogP contribution is -2.14. The molecule has 0 saturated heterocycles. The van der Waals surface area contributed by atoms with Gasteiger partial charge in [0, 0.05) is 12.0 Å². The Hall–Kier alpha value is -3.06. The Labute approximate surface area is 167 Å². The molecule has 1 amide bonds. The number of benzene rings is 2. The molecular formula is C21H19N3O3S. The van der Waals surface area contributed by atoms with Gasteiger partial charge in [0.1, 0.15) is 16.5 Å². The fourth-order valence-electron chi connectivity index (χ4n) is 2.98. The van der Waals surface area contributed by atoms with Crippen molar-refractivity contribution in [1.82, 2.24) is 9.97 Å². The van der Waals surface area contributed by atoms with Gasteiger partial charge < -0.3 is 15.2 Å². The van der Waals surface area contributed by atoms with Gasteiger partial charge in [-0.25, -0.2) is 4.98 Å². The van der Waals surface area contributed by atoms with Crippen LogP contribution in [0.3, 0.4) is 0 Å². The molecule has 2 aromatic carbocycles. The van der Waals surface area contributed by atoms with Crippen LogP contribution in [0, 0.1) is 0 Å². The minimum Gasteiger partial charge on any atom is -0.494 e. The summed E-state index contributed by atoms with van der Waals surface area (Å²) in [5, 5.41) is 0.710. The lowest BCUT2D eigenvalue weighted by Gasteiger charge is -2.21. The largest absolute Gasteiger partial charge is 0.494 e. The molecule has 142 valence electrons. The number of carbonyl (C=O) groups excluding carboxylic acids is 1. The molecule has 1 aromatic heterocycles. The van der Waals surface area contributed by atoms with Crippen molar-refractivity contribution in [3.8, 4) is 28.8 Å². The molecule has 28 heavy (non-hydrogen) atoms. The zero-order valence-electron chi connectivity index (χ0n) is 15.3. The maximum atomic E-state index is 11.3. The quantitative estimate of drug-likeness (QED) is 0.396. The number of aromatic nitrogens is 2. The Morgan fingerprint density at radius 1 is 1.18 bits per heavy atom. The second kappa shape index (κ2) is 7.90. The summed E-state index contributed by atoms with van der Waals surface area (Å²) >= 11 is 1.31. The smallest absolute Gasteiger partial charge is 0.227 e. The third kappa shape index (κ3) is 3.80. The molecule has 1 aliphatic rings. The molecule has 6 nitrogen and oxygen atoms in total. The van der Waals surface area contributed by atoms with Gasteiger partial charge in [0.15, 0.2) is 5.82 Å². The minimum atomic E-state index is -0.392. The Bertz CT molecular complexity index is 1020. The van der Waals surface area contributed by atoms with Gasteiger partial charge in [0.25, 0.3) is 0 Å². The number of thioether (sulfide) groups is 1. The lowest BCUT2D eigenvalue weighted by atomic mass is 10.0. The summed E-state index contributed by atoms with van der Waals surface area (Å²) in [5.74, 6) is 2.39. The first-order chi connectivity index (χ1) is 13.6. The Morgan fingerprint density at radius 3 is 2.71 bits per heavy atom. The molecule has 2 heterocycles. The third-order valence-electron chi connectivity index (χ3n) is 4.25. The van der Waals surface area contributed by atoms with Crippen molar-refractivity contribution in [1.29, 1.82) is 0 Å². The number of hydrogen-bond acceptors (Lipinski definition) is 6. The number of hydrogen-bond donors (Lipinski definition) is 1. The van der Waals surface area contributed by atoms with Crippen LogP contribution in [0.1, 0.15) is 18.1 Å². The molecule has 0 bridgehead atoms. The summed E-state index contributed by atoms with van der Waals surface area (Å²) in [5.41, 5.74) is 8.12. The Morgan fingerprint density at radius 2 is 1.96 bits per heavy atom. The van der Waals surface area contributed by atoms with Crippen LogP contribution in [-0.4, -0.2) is 28.2 Å². The summed E-state index contributed by atoms with van der Waals surface area (Å²) in [4.78, 5) is 20.6. The molecule has 1 aliphatic heterocycles. The highest BCUT2D eigenvalue weighted by molar-refractivity contribution is 7.99. The third-order valence-corrected chi connectivity index (χ3v) is 5.29. The minimum absolute atomic E-state index is 0.147. The van der Waals surface area contributed by atoms with E-state index in [0.29, 0.717) is 29.8 Å². The molecule has 0 spiro atoms. The molecule has 0 aliphatic carbocycles. The highest BCUT2D eigenvalue weighted by Crippen LogP contribution is 2.40. The molecular weight excluding hydrogens is 374 g/mol. The standard InChI is InChI=1S/C21H19N3O3S/c1-2-26-15-9-7-13(8-10-15)19-23-20-16(21(24-19)28-12-18(22)25)11-14-5-3-4-6-17(14)27-20/h3-10H,2,11-12H2,1H3,(H2,22,25). The number of nitrogens with zero attached hydrogens (tertiary/aromatic N) is 2. The molecule has 0 fully saturated rings. The SMILES string of the molecule is CCOc1ccc(-c2nc3c(c(SCC(N)=O)n2)Cc2ccccc2O3)cc1. The normalized spacial score (nSPS) is 11.9. The van der Waals surface area contributed by atoms with E-state index in [0.717, 1.165) is 28.2 Å². The van der Waals surface area contributed by atoms with Crippen molar-refractivity contribution >= 4 is 17.7 Å². The number of amides is 1. The number of para-hydroxylation sites is 1. The Kier molecular flexibility index (Phi) is 5.16. The molecule has 7 heteroatoms.